The average molecular weight is 1050 g/mol. The lowest BCUT2D eigenvalue weighted by Gasteiger charge is -2.34. The lowest BCUT2D eigenvalue weighted by molar-refractivity contribution is -0.132. The smallest absolute Gasteiger partial charge is 0.261 e. The van der Waals surface area contributed by atoms with Crippen LogP contribution in [0.3, 0.4) is 0 Å². The van der Waals surface area contributed by atoms with Crippen LogP contribution in [0.15, 0.2) is 72.8 Å². The Balaban J connectivity index is 0.983. The molecular formula is C57H48N4O16. The van der Waals surface area contributed by atoms with E-state index < -0.39 is 156 Å². The molecule has 4 unspecified atom stereocenters. The van der Waals surface area contributed by atoms with Crippen LogP contribution in [0.25, 0.3) is 0 Å². The number of hydrogen-bond donors (Lipinski definition) is 4. The fourth-order valence-electron chi connectivity index (χ4n) is 9.13. The Kier molecular flexibility index (Phi) is 16.4. The van der Waals surface area contributed by atoms with Crippen molar-refractivity contribution in [2.24, 2.45) is 5.41 Å². The maximum Gasteiger partial charge on any atom is 0.261 e. The number of rotatable bonds is 24. The van der Waals surface area contributed by atoms with E-state index in [1.165, 1.54) is 72.8 Å². The summed E-state index contributed by atoms with van der Waals surface area (Å²) in [4.78, 5) is 109. The van der Waals surface area contributed by atoms with E-state index >= 15 is 0 Å². The zero-order valence-corrected chi connectivity index (χ0v) is 41.0. The Labute approximate surface area is 441 Å². The number of hydrogen-bond acceptors (Lipinski definition) is 16. The Morgan fingerprint density at radius 3 is 0.740 bits per heavy atom. The topological polar surface area (TPSA) is 267 Å². The number of benzene rings is 4. The first-order chi connectivity index (χ1) is 36.9. The van der Waals surface area contributed by atoms with Gasteiger partial charge in [0.1, 0.15) is 0 Å². The number of amides is 8. The van der Waals surface area contributed by atoms with Crippen molar-refractivity contribution in [1.82, 2.24) is 19.6 Å². The van der Waals surface area contributed by atoms with Gasteiger partial charge in [0.15, 0.2) is 0 Å². The lowest BCUT2D eigenvalue weighted by Crippen LogP contribution is -2.46. The standard InChI is InChI=1S/C57H48N4O16/c1-5-33-9-13-41-45(17-33)53(70)58(49(41)66)21-37(62)25-74-29-57(30-75-26-38(63)22-59-50(67)42-14-10-34(6-2)18-46(42)54(59)71,31-76-27-39(64)23-60-51(68)43-15-11-35(7-3)19-47(43)55(60)72)32-77-28-40(65)24-61-52(69)44-16-12-36(8-4)20-48(44)56(61)73/h1-4,9-20,37-40,62-65H,21-32H2. The van der Waals surface area contributed by atoms with Gasteiger partial charge in [-0.1, -0.05) is 23.7 Å². The number of β-amino-alcohol motifs (C(OH)–C–C–N with tert-alkyl or cyclic N) is 4. The molecule has 4 atom stereocenters. The Bertz CT molecular complexity index is 2870. The molecule has 20 nitrogen and oxygen atoms in total. The van der Waals surface area contributed by atoms with Crippen molar-refractivity contribution in [2.45, 2.75) is 24.4 Å². The maximum absolute atomic E-state index is 13.3. The number of nitrogens with zero attached hydrogens (tertiary/aromatic N) is 4. The summed E-state index contributed by atoms with van der Waals surface area (Å²) < 4.78 is 24.0. The van der Waals surface area contributed by atoms with Gasteiger partial charge in [-0.05, 0) is 72.8 Å². The highest BCUT2D eigenvalue weighted by molar-refractivity contribution is 6.23. The highest BCUT2D eigenvalue weighted by Crippen LogP contribution is 2.29. The van der Waals surface area contributed by atoms with Crippen LogP contribution >= 0.6 is 0 Å². The summed E-state index contributed by atoms with van der Waals surface area (Å²) in [6.07, 6.45) is 16.0. The third-order valence-electron chi connectivity index (χ3n) is 13.0. The zero-order valence-electron chi connectivity index (χ0n) is 41.0. The van der Waals surface area contributed by atoms with Crippen molar-refractivity contribution in [3.05, 3.63) is 140 Å². The summed E-state index contributed by atoms with van der Waals surface area (Å²) in [5, 5.41) is 44.7. The molecule has 0 aromatic heterocycles. The van der Waals surface area contributed by atoms with Gasteiger partial charge in [0.05, 0.1) is 153 Å². The normalized spacial score (nSPS) is 16.8. The second-order valence-corrected chi connectivity index (χ2v) is 18.7. The molecule has 20 heteroatoms. The number of aliphatic hydroxyl groups excluding tert-OH is 4. The summed E-state index contributed by atoms with van der Waals surface area (Å²) in [5.41, 5.74) is 0.450. The Hall–Kier alpha value is -8.64. The van der Waals surface area contributed by atoms with Crippen molar-refractivity contribution in [3.8, 4) is 49.4 Å². The predicted molar refractivity (Wildman–Crippen MR) is 269 cm³/mol. The van der Waals surface area contributed by atoms with Crippen LogP contribution in [-0.2, 0) is 18.9 Å². The second-order valence-electron chi connectivity index (χ2n) is 18.7. The quantitative estimate of drug-likeness (QED) is 0.0553. The van der Waals surface area contributed by atoms with Gasteiger partial charge in [-0.15, -0.1) is 25.7 Å². The predicted octanol–water partition coefficient (Wildman–Crippen LogP) is 0.593. The monoisotopic (exact) mass is 1040 g/mol. The molecule has 0 saturated heterocycles. The van der Waals surface area contributed by atoms with Gasteiger partial charge in [-0.2, -0.15) is 0 Å². The van der Waals surface area contributed by atoms with Gasteiger partial charge in [-0.25, -0.2) is 0 Å². The van der Waals surface area contributed by atoms with Crippen molar-refractivity contribution in [1.29, 1.82) is 0 Å². The number of aliphatic hydroxyl groups is 4. The van der Waals surface area contributed by atoms with E-state index in [2.05, 4.69) is 23.7 Å². The highest BCUT2D eigenvalue weighted by Gasteiger charge is 2.42. The van der Waals surface area contributed by atoms with Gasteiger partial charge in [0, 0.05) is 22.3 Å². The van der Waals surface area contributed by atoms with E-state index in [9.17, 15) is 58.8 Å². The molecule has 4 N–H and O–H groups in total. The molecule has 392 valence electrons. The van der Waals surface area contributed by atoms with Crippen LogP contribution in [0, 0.1) is 54.8 Å². The molecule has 0 radical (unpaired) electrons. The summed E-state index contributed by atoms with van der Waals surface area (Å²) in [7, 11) is 0. The van der Waals surface area contributed by atoms with E-state index in [0.29, 0.717) is 22.3 Å². The van der Waals surface area contributed by atoms with E-state index in [1.54, 1.807) is 0 Å². The van der Waals surface area contributed by atoms with Crippen LogP contribution in [-0.4, -0.2) is 191 Å². The van der Waals surface area contributed by atoms with Crippen LogP contribution in [0.5, 0.6) is 0 Å². The first kappa shape index (κ1) is 54.6. The molecule has 4 heterocycles. The number of terminal acetylenes is 4. The van der Waals surface area contributed by atoms with Crippen molar-refractivity contribution >= 4 is 47.3 Å². The van der Waals surface area contributed by atoms with Crippen LogP contribution in [0.1, 0.15) is 105 Å². The van der Waals surface area contributed by atoms with E-state index in [0.717, 1.165) is 19.6 Å². The lowest BCUT2D eigenvalue weighted by atomic mass is 9.92. The minimum Gasteiger partial charge on any atom is -0.389 e. The molecule has 0 saturated carbocycles. The number of carbonyl (C=O) groups is 8. The SMILES string of the molecule is C#Cc1ccc2c(c1)C(=O)N(CC(O)COCC(COCC(O)CN1C(=O)c3ccc(C#C)cc3C1=O)(COCC(O)CN1C(=O)c3ccc(C#C)cc3C1=O)COCC(O)CN1C(=O)c3ccc(C#C)cc3C1=O)C2=O. The average Bonchev–Trinajstić information content (AvgIpc) is 4.00. The van der Waals surface area contributed by atoms with Gasteiger partial charge >= 0.3 is 0 Å². The molecule has 0 spiro atoms. The first-order valence-corrected chi connectivity index (χ1v) is 23.8. The fourth-order valence-corrected chi connectivity index (χ4v) is 9.13. The molecule has 8 rings (SSSR count). The molecule has 8 amide bonds. The number of ether oxygens (including phenoxy) is 4. The molecule has 0 bridgehead atoms. The minimum absolute atomic E-state index is 0.0543. The van der Waals surface area contributed by atoms with Crippen LogP contribution < -0.4 is 0 Å². The Morgan fingerprint density at radius 1 is 0.351 bits per heavy atom. The van der Waals surface area contributed by atoms with Gasteiger partial charge < -0.3 is 39.4 Å². The molecule has 77 heavy (non-hydrogen) atoms. The van der Waals surface area contributed by atoms with Crippen molar-refractivity contribution < 1.29 is 77.7 Å². The van der Waals surface area contributed by atoms with E-state index in [4.69, 9.17) is 44.6 Å². The third-order valence-corrected chi connectivity index (χ3v) is 13.0. The van der Waals surface area contributed by atoms with Gasteiger partial charge in [0.25, 0.3) is 47.3 Å². The highest BCUT2D eigenvalue weighted by atomic mass is 16.5. The number of fused-ring (bicyclic) bond motifs is 4. The van der Waals surface area contributed by atoms with E-state index in [1.807, 2.05) is 0 Å². The molecule has 0 aliphatic carbocycles. The van der Waals surface area contributed by atoms with Crippen molar-refractivity contribution in [3.63, 3.8) is 0 Å². The summed E-state index contributed by atoms with van der Waals surface area (Å²) in [6, 6.07) is 17.2. The number of imide groups is 4. The molecule has 4 aliphatic heterocycles. The molecule has 4 aromatic rings. The summed E-state index contributed by atoms with van der Waals surface area (Å²) in [6.45, 7) is -5.97. The molecule has 0 fully saturated rings. The second kappa shape index (κ2) is 23.1. The van der Waals surface area contributed by atoms with Crippen molar-refractivity contribution in [2.75, 3.05) is 79.0 Å². The zero-order chi connectivity index (χ0) is 55.3. The fraction of sp³-hybridized carbons (Fsp3) is 0.298. The van der Waals surface area contributed by atoms with Gasteiger partial charge in [-0.3, -0.25) is 58.0 Å². The minimum atomic E-state index is -1.55. The van der Waals surface area contributed by atoms with Gasteiger partial charge in [0.2, 0.25) is 0 Å². The van der Waals surface area contributed by atoms with E-state index in [-0.39, 0.29) is 44.5 Å². The molecule has 4 aromatic carbocycles. The largest absolute Gasteiger partial charge is 0.389 e. The number of carbonyl (C=O) groups excluding carboxylic acids is 8. The molecular weight excluding hydrogens is 997 g/mol. The van der Waals surface area contributed by atoms with Crippen LogP contribution in [0.4, 0.5) is 0 Å². The summed E-state index contributed by atoms with van der Waals surface area (Å²) in [5.74, 6) is 4.12. The Morgan fingerprint density at radius 2 is 0.545 bits per heavy atom. The third kappa shape index (κ3) is 11.3. The van der Waals surface area contributed by atoms with Crippen LogP contribution in [0.2, 0.25) is 0 Å². The summed E-state index contributed by atoms with van der Waals surface area (Å²) >= 11 is 0. The molecule has 4 aliphatic rings. The maximum atomic E-state index is 13.3. The first-order valence-electron chi connectivity index (χ1n) is 23.8.